The van der Waals surface area contributed by atoms with Crippen LogP contribution in [0.4, 0.5) is 4.79 Å². The van der Waals surface area contributed by atoms with E-state index < -0.39 is 0 Å². The first-order valence-electron chi connectivity index (χ1n) is 9.52. The number of nitrogens with one attached hydrogen (secondary N) is 2. The number of rotatable bonds is 8. The quantitative estimate of drug-likeness (QED) is 0.569. The van der Waals surface area contributed by atoms with Gasteiger partial charge in [0.2, 0.25) is 0 Å². The van der Waals surface area contributed by atoms with Crippen LogP contribution in [0, 0.1) is 0 Å². The summed E-state index contributed by atoms with van der Waals surface area (Å²) in [6, 6.07) is 13.5. The summed E-state index contributed by atoms with van der Waals surface area (Å²) < 4.78 is 0. The van der Waals surface area contributed by atoms with Gasteiger partial charge in [-0.3, -0.25) is 0 Å². The number of amides is 2. The highest BCUT2D eigenvalue weighted by molar-refractivity contribution is 5.74. The summed E-state index contributed by atoms with van der Waals surface area (Å²) in [5, 5.41) is 16.1. The van der Waals surface area contributed by atoms with Crippen molar-refractivity contribution >= 4 is 6.03 Å². The Morgan fingerprint density at radius 2 is 1.93 bits per heavy atom. The highest BCUT2D eigenvalue weighted by Crippen LogP contribution is 2.36. The Bertz CT molecular complexity index is 772. The fraction of sp³-hybridized carbons (Fsp3) is 0.409. The first-order valence-corrected chi connectivity index (χ1v) is 9.52. The lowest BCUT2D eigenvalue weighted by Gasteiger charge is -2.25. The molecule has 0 radical (unpaired) electrons. The molecule has 5 N–H and O–H groups in total. The van der Waals surface area contributed by atoms with Gasteiger partial charge >= 0.3 is 6.03 Å². The topological polar surface area (TPSA) is 87.4 Å². The number of carbonyl (C=O) groups excluding carboxylic acids is 1. The fourth-order valence-corrected chi connectivity index (χ4v) is 3.14. The van der Waals surface area contributed by atoms with Gasteiger partial charge < -0.3 is 21.5 Å². The zero-order valence-corrected chi connectivity index (χ0v) is 16.5. The van der Waals surface area contributed by atoms with Crippen LogP contribution >= 0.6 is 0 Å². The van der Waals surface area contributed by atoms with E-state index in [1.54, 1.807) is 0 Å². The number of hydrogen-bond donors (Lipinski definition) is 4. The van der Waals surface area contributed by atoms with E-state index >= 15 is 0 Å². The second-order valence-corrected chi connectivity index (χ2v) is 7.42. The number of urea groups is 1. The zero-order chi connectivity index (χ0) is 19.9. The summed E-state index contributed by atoms with van der Waals surface area (Å²) in [5.74, 6) is 0.266. The van der Waals surface area contributed by atoms with Crippen molar-refractivity contribution in [2.75, 3.05) is 13.1 Å². The highest BCUT2D eigenvalue weighted by atomic mass is 16.3. The second-order valence-electron chi connectivity index (χ2n) is 7.42. The molecule has 0 unspecified atom stereocenters. The average molecular weight is 370 g/mol. The van der Waals surface area contributed by atoms with Crippen LogP contribution in [-0.2, 0) is 12.0 Å². The largest absolute Gasteiger partial charge is 0.507 e. The molecule has 0 aliphatic heterocycles. The van der Waals surface area contributed by atoms with Gasteiger partial charge in [0.15, 0.2) is 0 Å². The molecule has 27 heavy (non-hydrogen) atoms. The fourth-order valence-electron chi connectivity index (χ4n) is 3.14. The van der Waals surface area contributed by atoms with Crippen molar-refractivity contribution in [3.63, 3.8) is 0 Å². The van der Waals surface area contributed by atoms with Crippen molar-refractivity contribution < 1.29 is 9.90 Å². The van der Waals surface area contributed by atoms with Crippen LogP contribution in [0.3, 0.4) is 0 Å². The minimum Gasteiger partial charge on any atom is -0.507 e. The number of phenolic OH excluding ortho intramolecular Hbond substituents is 1. The van der Waals surface area contributed by atoms with Crippen molar-refractivity contribution in [2.24, 2.45) is 5.73 Å². The number of carbonyl (C=O) groups is 1. The SMILES string of the molecule is CCNC(=O)NCc1cccc(-c2ccc(C(C)(C)CCCN)cc2O)c1. The van der Waals surface area contributed by atoms with E-state index in [2.05, 4.69) is 30.5 Å². The molecule has 0 spiro atoms. The van der Waals surface area contributed by atoms with Gasteiger partial charge in [-0.1, -0.05) is 44.2 Å². The third-order valence-corrected chi connectivity index (χ3v) is 4.81. The predicted octanol–water partition coefficient (Wildman–Crippen LogP) is 3.89. The lowest BCUT2D eigenvalue weighted by molar-refractivity contribution is 0.241. The molecule has 5 nitrogen and oxygen atoms in total. The van der Waals surface area contributed by atoms with E-state index in [9.17, 15) is 9.90 Å². The van der Waals surface area contributed by atoms with Crippen LogP contribution in [0.5, 0.6) is 5.75 Å². The summed E-state index contributed by atoms with van der Waals surface area (Å²) >= 11 is 0. The van der Waals surface area contributed by atoms with Crippen molar-refractivity contribution in [3.05, 3.63) is 53.6 Å². The minimum atomic E-state index is -0.185. The average Bonchev–Trinajstić information content (AvgIpc) is 2.65. The Balaban J connectivity index is 2.18. The van der Waals surface area contributed by atoms with Gasteiger partial charge in [0.1, 0.15) is 5.75 Å². The van der Waals surface area contributed by atoms with Crippen molar-refractivity contribution in [1.82, 2.24) is 10.6 Å². The van der Waals surface area contributed by atoms with Gasteiger partial charge in [-0.2, -0.15) is 0 Å². The van der Waals surface area contributed by atoms with E-state index in [-0.39, 0.29) is 17.2 Å². The van der Waals surface area contributed by atoms with Crippen LogP contribution in [-0.4, -0.2) is 24.2 Å². The maximum Gasteiger partial charge on any atom is 0.315 e. The van der Waals surface area contributed by atoms with Gasteiger partial charge in [-0.25, -0.2) is 4.79 Å². The smallest absolute Gasteiger partial charge is 0.315 e. The summed E-state index contributed by atoms with van der Waals surface area (Å²) in [5.41, 5.74) is 9.40. The van der Waals surface area contributed by atoms with Crippen molar-refractivity contribution in [2.45, 2.75) is 45.6 Å². The first kappa shape index (κ1) is 20.8. The normalized spacial score (nSPS) is 11.3. The molecule has 146 valence electrons. The van der Waals surface area contributed by atoms with Crippen molar-refractivity contribution in [3.8, 4) is 16.9 Å². The lowest BCUT2D eigenvalue weighted by atomic mass is 9.80. The Morgan fingerprint density at radius 3 is 2.59 bits per heavy atom. The van der Waals surface area contributed by atoms with Gasteiger partial charge in [0, 0.05) is 18.7 Å². The maximum atomic E-state index is 11.6. The molecule has 0 atom stereocenters. The van der Waals surface area contributed by atoms with Crippen LogP contribution in [0.15, 0.2) is 42.5 Å². The standard InChI is InChI=1S/C22H31N3O2/c1-4-24-21(27)25-15-16-7-5-8-17(13-16)19-10-9-18(14-20(19)26)22(2,3)11-6-12-23/h5,7-10,13-14,26H,4,6,11-12,15,23H2,1-3H3,(H2,24,25,27). The van der Waals surface area contributed by atoms with Gasteiger partial charge in [0.05, 0.1) is 0 Å². The Labute approximate surface area is 162 Å². The van der Waals surface area contributed by atoms with Gasteiger partial charge in [-0.05, 0) is 60.5 Å². The molecule has 0 aromatic heterocycles. The van der Waals surface area contributed by atoms with Crippen LogP contribution < -0.4 is 16.4 Å². The Morgan fingerprint density at radius 1 is 1.15 bits per heavy atom. The monoisotopic (exact) mass is 369 g/mol. The third-order valence-electron chi connectivity index (χ3n) is 4.81. The number of nitrogens with two attached hydrogens (primary N) is 1. The molecular weight excluding hydrogens is 338 g/mol. The third kappa shape index (κ3) is 5.73. The Hall–Kier alpha value is -2.53. The zero-order valence-electron chi connectivity index (χ0n) is 16.5. The molecule has 0 fully saturated rings. The van der Waals surface area contributed by atoms with E-state index in [1.807, 2.05) is 43.3 Å². The molecule has 5 heteroatoms. The lowest BCUT2D eigenvalue weighted by Crippen LogP contribution is -2.34. The highest BCUT2D eigenvalue weighted by Gasteiger charge is 2.21. The molecular formula is C22H31N3O2. The Kier molecular flexibility index (Phi) is 7.25. The summed E-state index contributed by atoms with van der Waals surface area (Å²) in [6.45, 7) is 7.92. The van der Waals surface area contributed by atoms with E-state index in [0.29, 0.717) is 19.6 Å². The van der Waals surface area contributed by atoms with Crippen molar-refractivity contribution in [1.29, 1.82) is 0 Å². The summed E-state index contributed by atoms with van der Waals surface area (Å²) in [4.78, 5) is 11.6. The molecule has 2 aromatic carbocycles. The molecule has 2 aromatic rings. The molecule has 0 saturated heterocycles. The predicted molar refractivity (Wildman–Crippen MR) is 111 cm³/mol. The second kappa shape index (κ2) is 9.42. The van der Waals surface area contributed by atoms with E-state index in [4.69, 9.17) is 5.73 Å². The molecule has 0 saturated carbocycles. The molecule has 2 rings (SSSR count). The maximum absolute atomic E-state index is 11.6. The van der Waals surface area contributed by atoms with Gasteiger partial charge in [-0.15, -0.1) is 0 Å². The summed E-state index contributed by atoms with van der Waals surface area (Å²) in [7, 11) is 0. The first-order chi connectivity index (χ1) is 12.9. The molecule has 2 amide bonds. The number of benzene rings is 2. The van der Waals surface area contributed by atoms with Crippen LogP contribution in [0.1, 0.15) is 44.7 Å². The number of hydrogen-bond acceptors (Lipinski definition) is 3. The van der Waals surface area contributed by atoms with Crippen LogP contribution in [0.2, 0.25) is 0 Å². The number of phenols is 1. The molecule has 0 aliphatic carbocycles. The van der Waals surface area contributed by atoms with Gasteiger partial charge in [0.25, 0.3) is 0 Å². The molecule has 0 bridgehead atoms. The summed E-state index contributed by atoms with van der Waals surface area (Å²) in [6.07, 6.45) is 1.93. The molecule has 0 aliphatic rings. The minimum absolute atomic E-state index is 0.0339. The van der Waals surface area contributed by atoms with Crippen LogP contribution in [0.25, 0.3) is 11.1 Å². The molecule has 0 heterocycles. The van der Waals surface area contributed by atoms with E-state index in [1.165, 1.54) is 0 Å². The van der Waals surface area contributed by atoms with E-state index in [0.717, 1.165) is 35.1 Å². The number of aromatic hydroxyl groups is 1.